The first-order valence-electron chi connectivity index (χ1n) is 7.06. The van der Waals surface area contributed by atoms with Crippen molar-refractivity contribution >= 4 is 0 Å². The molecule has 2 fully saturated rings. The monoisotopic (exact) mass is 235 g/mol. The second-order valence-electron chi connectivity index (χ2n) is 5.74. The molecule has 0 spiro atoms. The topological polar surface area (TPSA) is 39.1 Å². The standard InChI is InChI=1S/C14H25N3/c1-3-12-6-8-17(9-7-12)11-14(10-15,16-2)13-4-5-13/h12-13,16H,3-9,11H2,1-2H3. The molecule has 1 N–H and O–H groups in total. The molecule has 2 rings (SSSR count). The van der Waals surface area contributed by atoms with Gasteiger partial charge >= 0.3 is 0 Å². The molecule has 1 aliphatic carbocycles. The molecule has 0 aromatic carbocycles. The summed E-state index contributed by atoms with van der Waals surface area (Å²) in [6, 6.07) is 2.55. The highest BCUT2D eigenvalue weighted by Gasteiger charge is 2.45. The van der Waals surface area contributed by atoms with Crippen molar-refractivity contribution in [2.24, 2.45) is 11.8 Å². The Hall–Kier alpha value is -0.590. The van der Waals surface area contributed by atoms with Crippen LogP contribution in [0.2, 0.25) is 0 Å². The predicted molar refractivity (Wildman–Crippen MR) is 69.6 cm³/mol. The molecule has 96 valence electrons. The molecule has 0 radical (unpaired) electrons. The van der Waals surface area contributed by atoms with Gasteiger partial charge < -0.3 is 10.2 Å². The molecule has 1 heterocycles. The van der Waals surface area contributed by atoms with Gasteiger partial charge in [0.25, 0.3) is 0 Å². The fourth-order valence-corrected chi connectivity index (χ4v) is 3.08. The minimum atomic E-state index is -0.279. The van der Waals surface area contributed by atoms with E-state index in [0.717, 1.165) is 12.5 Å². The van der Waals surface area contributed by atoms with Crippen molar-refractivity contribution in [3.8, 4) is 6.07 Å². The second-order valence-corrected chi connectivity index (χ2v) is 5.74. The molecule has 0 aromatic heterocycles. The van der Waals surface area contributed by atoms with Crippen LogP contribution in [0.3, 0.4) is 0 Å². The van der Waals surface area contributed by atoms with Gasteiger partial charge in [-0.15, -0.1) is 0 Å². The number of nitriles is 1. The highest BCUT2D eigenvalue weighted by molar-refractivity contribution is 5.16. The molecule has 1 atom stereocenters. The van der Waals surface area contributed by atoms with Gasteiger partial charge in [-0.2, -0.15) is 5.26 Å². The number of nitrogens with one attached hydrogen (secondary N) is 1. The van der Waals surface area contributed by atoms with Crippen LogP contribution in [0.4, 0.5) is 0 Å². The van der Waals surface area contributed by atoms with Gasteiger partial charge in [-0.05, 0) is 57.7 Å². The Bertz CT molecular complexity index is 284. The summed E-state index contributed by atoms with van der Waals surface area (Å²) >= 11 is 0. The molecule has 17 heavy (non-hydrogen) atoms. The van der Waals surface area contributed by atoms with Gasteiger partial charge in [0.2, 0.25) is 0 Å². The maximum absolute atomic E-state index is 9.48. The minimum Gasteiger partial charge on any atom is -0.301 e. The second kappa shape index (κ2) is 5.37. The molecule has 1 saturated heterocycles. The van der Waals surface area contributed by atoms with Crippen molar-refractivity contribution in [3.63, 3.8) is 0 Å². The van der Waals surface area contributed by atoms with Crippen molar-refractivity contribution in [2.75, 3.05) is 26.7 Å². The van der Waals surface area contributed by atoms with Crippen molar-refractivity contribution < 1.29 is 0 Å². The van der Waals surface area contributed by atoms with Crippen molar-refractivity contribution in [1.82, 2.24) is 10.2 Å². The Morgan fingerprint density at radius 1 is 1.29 bits per heavy atom. The van der Waals surface area contributed by atoms with E-state index in [1.165, 1.54) is 45.2 Å². The summed E-state index contributed by atoms with van der Waals surface area (Å²) in [6.45, 7) is 5.56. The van der Waals surface area contributed by atoms with Gasteiger partial charge in [0, 0.05) is 6.54 Å². The number of hydrogen-bond acceptors (Lipinski definition) is 3. The molecule has 0 aromatic rings. The SMILES string of the molecule is CCC1CCN(CC(C#N)(NC)C2CC2)CC1. The summed E-state index contributed by atoms with van der Waals surface area (Å²) in [5.74, 6) is 1.50. The molecular weight excluding hydrogens is 210 g/mol. The lowest BCUT2D eigenvalue weighted by molar-refractivity contribution is 0.144. The molecule has 1 aliphatic heterocycles. The van der Waals surface area contributed by atoms with Gasteiger partial charge in [-0.25, -0.2) is 0 Å². The van der Waals surface area contributed by atoms with Crippen LogP contribution in [-0.4, -0.2) is 37.1 Å². The first-order valence-corrected chi connectivity index (χ1v) is 7.06. The minimum absolute atomic E-state index is 0.279. The zero-order valence-electron chi connectivity index (χ0n) is 11.2. The number of likely N-dealkylation sites (N-methyl/N-ethyl adjacent to an activating group) is 1. The van der Waals surface area contributed by atoms with Crippen LogP contribution < -0.4 is 5.32 Å². The summed E-state index contributed by atoms with van der Waals surface area (Å²) in [5, 5.41) is 12.8. The summed E-state index contributed by atoms with van der Waals surface area (Å²) < 4.78 is 0. The van der Waals surface area contributed by atoms with E-state index in [0.29, 0.717) is 5.92 Å². The highest BCUT2D eigenvalue weighted by atomic mass is 15.2. The average Bonchev–Trinajstić information content (AvgIpc) is 3.21. The molecule has 3 heteroatoms. The number of hydrogen-bond donors (Lipinski definition) is 1. The predicted octanol–water partition coefficient (Wildman–Crippen LogP) is 2.00. The Balaban J connectivity index is 1.89. The number of rotatable bonds is 5. The fourth-order valence-electron chi connectivity index (χ4n) is 3.08. The Labute approximate surface area is 105 Å². The van der Waals surface area contributed by atoms with E-state index in [-0.39, 0.29) is 5.54 Å². The van der Waals surface area contributed by atoms with Crippen LogP contribution in [0, 0.1) is 23.2 Å². The highest BCUT2D eigenvalue weighted by Crippen LogP contribution is 2.40. The Morgan fingerprint density at radius 3 is 2.35 bits per heavy atom. The van der Waals surface area contributed by atoms with Gasteiger partial charge in [-0.3, -0.25) is 0 Å². The van der Waals surface area contributed by atoms with Crippen LogP contribution in [0.1, 0.15) is 39.0 Å². The lowest BCUT2D eigenvalue weighted by Crippen LogP contribution is -2.54. The molecule has 1 saturated carbocycles. The third kappa shape index (κ3) is 2.81. The van der Waals surface area contributed by atoms with Crippen LogP contribution in [-0.2, 0) is 0 Å². The number of piperidine rings is 1. The summed E-state index contributed by atoms with van der Waals surface area (Å²) in [4.78, 5) is 2.49. The van der Waals surface area contributed by atoms with E-state index in [4.69, 9.17) is 0 Å². The van der Waals surface area contributed by atoms with Crippen molar-refractivity contribution in [3.05, 3.63) is 0 Å². The summed E-state index contributed by atoms with van der Waals surface area (Å²) in [6.07, 6.45) is 6.38. The van der Waals surface area contributed by atoms with Gasteiger partial charge in [0.1, 0.15) is 5.54 Å². The molecule has 3 nitrogen and oxygen atoms in total. The van der Waals surface area contributed by atoms with Crippen LogP contribution in [0.25, 0.3) is 0 Å². The van der Waals surface area contributed by atoms with Crippen LogP contribution >= 0.6 is 0 Å². The first-order chi connectivity index (χ1) is 8.24. The van der Waals surface area contributed by atoms with Crippen LogP contribution in [0.15, 0.2) is 0 Å². The smallest absolute Gasteiger partial charge is 0.122 e. The number of likely N-dealkylation sites (tertiary alicyclic amines) is 1. The third-order valence-electron chi connectivity index (χ3n) is 4.68. The molecule has 0 amide bonds. The molecule has 2 aliphatic rings. The van der Waals surface area contributed by atoms with Crippen LogP contribution in [0.5, 0.6) is 0 Å². The molecular formula is C14H25N3. The van der Waals surface area contributed by atoms with Crippen molar-refractivity contribution in [1.29, 1.82) is 5.26 Å². The van der Waals surface area contributed by atoms with E-state index in [2.05, 4.69) is 23.2 Å². The average molecular weight is 235 g/mol. The quantitative estimate of drug-likeness (QED) is 0.792. The zero-order chi connectivity index (χ0) is 12.3. The fraction of sp³-hybridized carbons (Fsp3) is 0.929. The Morgan fingerprint density at radius 2 is 1.94 bits per heavy atom. The third-order valence-corrected chi connectivity index (χ3v) is 4.68. The lowest BCUT2D eigenvalue weighted by atomic mass is 9.90. The number of nitrogens with zero attached hydrogens (tertiary/aromatic N) is 2. The van der Waals surface area contributed by atoms with E-state index in [1.54, 1.807) is 0 Å². The van der Waals surface area contributed by atoms with E-state index in [9.17, 15) is 5.26 Å². The van der Waals surface area contributed by atoms with E-state index < -0.39 is 0 Å². The maximum Gasteiger partial charge on any atom is 0.122 e. The van der Waals surface area contributed by atoms with E-state index >= 15 is 0 Å². The van der Waals surface area contributed by atoms with Gasteiger partial charge in [0.05, 0.1) is 6.07 Å². The normalized spacial score (nSPS) is 26.4. The largest absolute Gasteiger partial charge is 0.301 e. The maximum atomic E-state index is 9.48. The summed E-state index contributed by atoms with van der Waals surface area (Å²) in [5.41, 5.74) is -0.279. The first kappa shape index (κ1) is 12.9. The van der Waals surface area contributed by atoms with E-state index in [1.807, 2.05) is 7.05 Å². The Kier molecular flexibility index (Phi) is 4.06. The van der Waals surface area contributed by atoms with Crippen molar-refractivity contribution in [2.45, 2.75) is 44.6 Å². The molecule has 1 unspecified atom stereocenters. The summed E-state index contributed by atoms with van der Waals surface area (Å²) in [7, 11) is 1.94. The zero-order valence-corrected chi connectivity index (χ0v) is 11.2. The lowest BCUT2D eigenvalue weighted by Gasteiger charge is -2.37. The van der Waals surface area contributed by atoms with Gasteiger partial charge in [-0.1, -0.05) is 13.3 Å². The van der Waals surface area contributed by atoms with Gasteiger partial charge in [0.15, 0.2) is 0 Å². The molecule has 0 bridgehead atoms.